The van der Waals surface area contributed by atoms with Crippen molar-refractivity contribution in [3.05, 3.63) is 29.8 Å². The maximum atomic E-state index is 12.4. The minimum Gasteiger partial charge on any atom is -0.406 e. The van der Waals surface area contributed by atoms with Crippen molar-refractivity contribution in [2.24, 2.45) is 11.8 Å². The number of imide groups is 1. The molecule has 6 nitrogen and oxygen atoms in total. The molecule has 2 atom stereocenters. The van der Waals surface area contributed by atoms with Crippen molar-refractivity contribution in [2.75, 3.05) is 6.54 Å². The third-order valence-electron chi connectivity index (χ3n) is 5.14. The maximum Gasteiger partial charge on any atom is 0.573 e. The molecule has 1 aromatic rings. The molecule has 152 valence electrons. The third-order valence-corrected chi connectivity index (χ3v) is 5.14. The molecule has 1 aliphatic carbocycles. The molecule has 2 fully saturated rings. The summed E-state index contributed by atoms with van der Waals surface area (Å²) in [6.45, 7) is 0.174. The minimum atomic E-state index is -4.75. The van der Waals surface area contributed by atoms with Crippen LogP contribution in [0.2, 0.25) is 0 Å². The molecule has 1 aliphatic heterocycles. The number of hydrogen-bond donors (Lipinski definition) is 1. The Labute approximate surface area is 160 Å². The molecule has 0 radical (unpaired) electrons. The lowest BCUT2D eigenvalue weighted by molar-refractivity contribution is -0.274. The van der Waals surface area contributed by atoms with E-state index in [1.807, 2.05) is 0 Å². The number of fused-ring (bicyclic) bond motifs is 1. The van der Waals surface area contributed by atoms with E-state index in [0.717, 1.165) is 37.8 Å². The van der Waals surface area contributed by atoms with Crippen LogP contribution in [0.3, 0.4) is 0 Å². The Morgan fingerprint density at radius 3 is 2.18 bits per heavy atom. The number of nitrogens with one attached hydrogen (secondary N) is 1. The smallest absolute Gasteiger partial charge is 0.406 e. The van der Waals surface area contributed by atoms with Crippen LogP contribution < -0.4 is 10.1 Å². The van der Waals surface area contributed by atoms with Gasteiger partial charge in [-0.05, 0) is 30.5 Å². The summed E-state index contributed by atoms with van der Waals surface area (Å²) in [5.41, 5.74) is 0.599. The Balaban J connectivity index is 1.45. The monoisotopic (exact) mass is 398 g/mol. The Morgan fingerprint density at radius 2 is 1.64 bits per heavy atom. The van der Waals surface area contributed by atoms with Crippen molar-refractivity contribution in [1.29, 1.82) is 0 Å². The number of likely N-dealkylation sites (tertiary alicyclic amines) is 1. The summed E-state index contributed by atoms with van der Waals surface area (Å²) in [6, 6.07) is 5.16. The van der Waals surface area contributed by atoms with E-state index in [9.17, 15) is 27.6 Å². The van der Waals surface area contributed by atoms with Crippen LogP contribution in [0.1, 0.15) is 37.7 Å². The standard InChI is InChI=1S/C19H21F3N2O4/c20-19(21,22)28-13-7-5-12(6-8-13)11-23-16(25)9-10-24-17(26)14-3-1-2-4-15(14)18(24)27/h5-8,14-15H,1-4,9-11H2,(H,23,25). The van der Waals surface area contributed by atoms with Crippen LogP contribution in [-0.2, 0) is 20.9 Å². The van der Waals surface area contributed by atoms with Crippen LogP contribution in [0.25, 0.3) is 0 Å². The van der Waals surface area contributed by atoms with E-state index in [1.54, 1.807) is 0 Å². The molecular weight excluding hydrogens is 377 g/mol. The lowest BCUT2D eigenvalue weighted by atomic mass is 9.81. The van der Waals surface area contributed by atoms with Crippen molar-refractivity contribution in [3.63, 3.8) is 0 Å². The highest BCUT2D eigenvalue weighted by atomic mass is 19.4. The number of rotatable bonds is 6. The number of benzene rings is 1. The molecule has 1 heterocycles. The third kappa shape index (κ3) is 4.82. The van der Waals surface area contributed by atoms with Crippen LogP contribution >= 0.6 is 0 Å². The van der Waals surface area contributed by atoms with E-state index in [0.29, 0.717) is 5.56 Å². The number of hydrogen-bond acceptors (Lipinski definition) is 4. The number of amides is 3. The van der Waals surface area contributed by atoms with E-state index in [-0.39, 0.29) is 54.8 Å². The normalized spacial score (nSPS) is 22.2. The summed E-state index contributed by atoms with van der Waals surface area (Å²) in [6.07, 6.45) is -1.41. The average Bonchev–Trinajstić information content (AvgIpc) is 2.89. The van der Waals surface area contributed by atoms with E-state index >= 15 is 0 Å². The van der Waals surface area contributed by atoms with Crippen LogP contribution in [0.4, 0.5) is 13.2 Å². The maximum absolute atomic E-state index is 12.4. The first-order valence-electron chi connectivity index (χ1n) is 9.21. The van der Waals surface area contributed by atoms with Crippen molar-refractivity contribution >= 4 is 17.7 Å². The molecule has 2 aliphatic rings. The number of carbonyl (C=O) groups is 3. The molecule has 1 saturated heterocycles. The molecule has 1 saturated carbocycles. The summed E-state index contributed by atoms with van der Waals surface area (Å²) in [5, 5.41) is 2.63. The SMILES string of the molecule is O=C(CCN1C(=O)C2CCCCC2C1=O)NCc1ccc(OC(F)(F)F)cc1. The lowest BCUT2D eigenvalue weighted by Crippen LogP contribution is -2.35. The van der Waals surface area contributed by atoms with Gasteiger partial charge >= 0.3 is 6.36 Å². The molecule has 0 bridgehead atoms. The Bertz CT molecular complexity index is 725. The number of nitrogens with zero attached hydrogens (tertiary/aromatic N) is 1. The predicted molar refractivity (Wildman–Crippen MR) is 91.8 cm³/mol. The van der Waals surface area contributed by atoms with E-state index in [1.165, 1.54) is 17.0 Å². The van der Waals surface area contributed by atoms with Crippen molar-refractivity contribution in [2.45, 2.75) is 45.0 Å². The molecule has 9 heteroatoms. The van der Waals surface area contributed by atoms with Crippen molar-refractivity contribution < 1.29 is 32.3 Å². The Kier molecular flexibility index (Phi) is 5.90. The summed E-state index contributed by atoms with van der Waals surface area (Å²) in [4.78, 5) is 37.9. The number of halogens is 3. The largest absolute Gasteiger partial charge is 0.573 e. The van der Waals surface area contributed by atoms with Crippen molar-refractivity contribution in [1.82, 2.24) is 10.2 Å². The first-order chi connectivity index (χ1) is 13.2. The highest BCUT2D eigenvalue weighted by Crippen LogP contribution is 2.37. The molecule has 1 N–H and O–H groups in total. The molecule has 2 unspecified atom stereocenters. The van der Waals surface area contributed by atoms with Crippen molar-refractivity contribution in [3.8, 4) is 5.75 Å². The topological polar surface area (TPSA) is 75.7 Å². The van der Waals surface area contributed by atoms with Gasteiger partial charge in [0.25, 0.3) is 0 Å². The molecular formula is C19H21F3N2O4. The second-order valence-electron chi connectivity index (χ2n) is 7.04. The van der Waals surface area contributed by atoms with Gasteiger partial charge in [0.15, 0.2) is 0 Å². The number of alkyl halides is 3. The van der Waals surface area contributed by atoms with Crippen LogP contribution in [0, 0.1) is 11.8 Å². The highest BCUT2D eigenvalue weighted by molar-refractivity contribution is 6.05. The van der Waals surface area contributed by atoms with Gasteiger partial charge in [-0.15, -0.1) is 13.2 Å². The van der Waals surface area contributed by atoms with Gasteiger partial charge in [0.1, 0.15) is 5.75 Å². The second-order valence-corrected chi connectivity index (χ2v) is 7.04. The number of ether oxygens (including phenoxy) is 1. The molecule has 0 aromatic heterocycles. The molecule has 1 aromatic carbocycles. The Morgan fingerprint density at radius 1 is 1.07 bits per heavy atom. The molecule has 3 rings (SSSR count). The minimum absolute atomic E-state index is 0.00775. The average molecular weight is 398 g/mol. The number of carbonyl (C=O) groups excluding carboxylic acids is 3. The fourth-order valence-electron chi connectivity index (χ4n) is 3.76. The van der Waals surface area contributed by atoms with Gasteiger partial charge in [-0.2, -0.15) is 0 Å². The predicted octanol–water partition coefficient (Wildman–Crippen LogP) is 2.77. The molecule has 0 spiro atoms. The van der Waals surface area contributed by atoms with Gasteiger partial charge < -0.3 is 10.1 Å². The van der Waals surface area contributed by atoms with Gasteiger partial charge in [0.2, 0.25) is 17.7 Å². The van der Waals surface area contributed by atoms with E-state index in [4.69, 9.17) is 0 Å². The summed E-state index contributed by atoms with van der Waals surface area (Å²) >= 11 is 0. The van der Waals surface area contributed by atoms with Gasteiger partial charge in [-0.25, -0.2) is 0 Å². The summed E-state index contributed by atoms with van der Waals surface area (Å²) in [7, 11) is 0. The summed E-state index contributed by atoms with van der Waals surface area (Å²) in [5.74, 6) is -1.50. The summed E-state index contributed by atoms with van der Waals surface area (Å²) < 4.78 is 40.2. The van der Waals surface area contributed by atoms with Crippen LogP contribution in [0.5, 0.6) is 5.75 Å². The quantitative estimate of drug-likeness (QED) is 0.748. The first kappa shape index (κ1) is 20.2. The Hall–Kier alpha value is -2.58. The highest BCUT2D eigenvalue weighted by Gasteiger charge is 2.47. The fourth-order valence-corrected chi connectivity index (χ4v) is 3.76. The lowest BCUT2D eigenvalue weighted by Gasteiger charge is -2.19. The van der Waals surface area contributed by atoms with Gasteiger partial charge in [-0.3, -0.25) is 19.3 Å². The van der Waals surface area contributed by atoms with Crippen LogP contribution in [0.15, 0.2) is 24.3 Å². The second kappa shape index (κ2) is 8.20. The first-order valence-corrected chi connectivity index (χ1v) is 9.21. The van der Waals surface area contributed by atoms with Crippen LogP contribution in [-0.4, -0.2) is 35.5 Å². The molecule has 3 amide bonds. The van der Waals surface area contributed by atoms with E-state index in [2.05, 4.69) is 10.1 Å². The molecule has 28 heavy (non-hydrogen) atoms. The van der Waals surface area contributed by atoms with E-state index < -0.39 is 6.36 Å². The van der Waals surface area contributed by atoms with Gasteiger partial charge in [0.05, 0.1) is 11.8 Å². The zero-order valence-electron chi connectivity index (χ0n) is 15.1. The zero-order chi connectivity index (χ0) is 20.3. The van der Waals surface area contributed by atoms with Gasteiger partial charge in [-0.1, -0.05) is 25.0 Å². The fraction of sp³-hybridized carbons (Fsp3) is 0.526. The van der Waals surface area contributed by atoms with Gasteiger partial charge in [0, 0.05) is 19.5 Å². The zero-order valence-corrected chi connectivity index (χ0v) is 15.1.